The minimum absolute atomic E-state index is 0.293. The third-order valence-electron chi connectivity index (χ3n) is 5.60. The average Bonchev–Trinajstić information content (AvgIpc) is 2.74. The Morgan fingerprint density at radius 2 is 1.56 bits per heavy atom. The van der Waals surface area contributed by atoms with Crippen molar-refractivity contribution < 1.29 is 19.1 Å². The molecule has 0 radical (unpaired) electrons. The summed E-state index contributed by atoms with van der Waals surface area (Å²) in [6.07, 6.45) is -0.686. The van der Waals surface area contributed by atoms with Gasteiger partial charge >= 0.3 is 6.09 Å². The number of nitrogens with one attached hydrogen (secondary N) is 2. The van der Waals surface area contributed by atoms with Crippen molar-refractivity contribution in [3.8, 4) is 0 Å². The highest BCUT2D eigenvalue weighted by molar-refractivity contribution is 5.92. The van der Waals surface area contributed by atoms with E-state index in [4.69, 9.17) is 4.74 Å². The monoisotopic (exact) mass is 495 g/mol. The minimum atomic E-state index is -0.908. The second-order valence-electron chi connectivity index (χ2n) is 11.2. The summed E-state index contributed by atoms with van der Waals surface area (Å²) >= 11 is 0. The Hall–Kier alpha value is -3.35. The van der Waals surface area contributed by atoms with Gasteiger partial charge < -0.3 is 20.3 Å². The highest BCUT2D eigenvalue weighted by Gasteiger charge is 2.41. The molecule has 2 aromatic carbocycles. The van der Waals surface area contributed by atoms with Gasteiger partial charge in [0.15, 0.2) is 0 Å². The summed E-state index contributed by atoms with van der Waals surface area (Å²) in [4.78, 5) is 41.6. The van der Waals surface area contributed by atoms with Crippen molar-refractivity contribution in [1.82, 2.24) is 15.5 Å². The minimum Gasteiger partial charge on any atom is -0.444 e. The molecule has 2 N–H and O–H groups in total. The second-order valence-corrected chi connectivity index (χ2v) is 11.2. The largest absolute Gasteiger partial charge is 0.444 e. The van der Waals surface area contributed by atoms with Crippen molar-refractivity contribution >= 4 is 17.9 Å². The van der Waals surface area contributed by atoms with Crippen LogP contribution >= 0.6 is 0 Å². The third kappa shape index (κ3) is 8.11. The fourth-order valence-corrected chi connectivity index (χ4v) is 4.01. The van der Waals surface area contributed by atoms with Crippen molar-refractivity contribution in [1.29, 1.82) is 0 Å². The molecule has 0 aliphatic heterocycles. The van der Waals surface area contributed by atoms with Gasteiger partial charge in [-0.2, -0.15) is 0 Å². The molecule has 0 bridgehead atoms. The Bertz CT molecular complexity index is 1070. The molecule has 2 rings (SSSR count). The topological polar surface area (TPSA) is 87.7 Å². The van der Waals surface area contributed by atoms with Crippen LogP contribution in [-0.2, 0) is 20.9 Å². The lowest BCUT2D eigenvalue weighted by Gasteiger charge is -2.43. The molecule has 0 saturated heterocycles. The van der Waals surface area contributed by atoms with Gasteiger partial charge in [-0.25, -0.2) is 4.79 Å². The van der Waals surface area contributed by atoms with Crippen molar-refractivity contribution in [2.24, 2.45) is 0 Å². The van der Waals surface area contributed by atoms with Crippen LogP contribution in [0.25, 0.3) is 0 Å². The van der Waals surface area contributed by atoms with Crippen LogP contribution in [0.3, 0.4) is 0 Å². The molecule has 3 amide bonds. The van der Waals surface area contributed by atoms with E-state index in [-0.39, 0.29) is 11.8 Å². The molecule has 7 heteroatoms. The van der Waals surface area contributed by atoms with E-state index < -0.39 is 29.3 Å². The number of amides is 3. The number of carbonyl (C=O) groups excluding carboxylic acids is 3. The predicted molar refractivity (Wildman–Crippen MR) is 142 cm³/mol. The molecule has 7 nitrogen and oxygen atoms in total. The van der Waals surface area contributed by atoms with Gasteiger partial charge in [0, 0.05) is 12.1 Å². The standard InChI is InChI=1S/C29H41N3O4/c1-19-15-16-23(20(2)17-19)24(25(33)30-18-22-13-11-10-12-14-22)32(28(4,5)6)26(34)21(3)31-27(35)36-29(7,8)9/h10-17,21,24H,18H2,1-9H3,(H,30,33)(H,31,35). The summed E-state index contributed by atoms with van der Waals surface area (Å²) in [7, 11) is 0. The van der Waals surface area contributed by atoms with Crippen molar-refractivity contribution in [3.63, 3.8) is 0 Å². The number of hydrogen-bond donors (Lipinski definition) is 2. The number of nitrogens with zero attached hydrogens (tertiary/aromatic N) is 1. The maximum absolute atomic E-state index is 13.8. The van der Waals surface area contributed by atoms with E-state index in [1.807, 2.05) is 83.1 Å². The van der Waals surface area contributed by atoms with Gasteiger partial charge in [0.1, 0.15) is 17.7 Å². The Balaban J connectivity index is 2.45. The first-order valence-corrected chi connectivity index (χ1v) is 12.3. The zero-order valence-corrected chi connectivity index (χ0v) is 23.1. The summed E-state index contributed by atoms with van der Waals surface area (Å²) in [6.45, 7) is 16.8. The molecule has 196 valence electrons. The molecule has 2 unspecified atom stereocenters. The molecule has 0 fully saturated rings. The zero-order chi connectivity index (χ0) is 27.3. The van der Waals surface area contributed by atoms with Crippen LogP contribution in [0.5, 0.6) is 0 Å². The summed E-state index contributed by atoms with van der Waals surface area (Å²) in [5, 5.41) is 5.64. The quantitative estimate of drug-likeness (QED) is 0.553. The van der Waals surface area contributed by atoms with E-state index in [2.05, 4.69) is 10.6 Å². The van der Waals surface area contributed by atoms with Gasteiger partial charge in [-0.3, -0.25) is 9.59 Å². The first-order valence-electron chi connectivity index (χ1n) is 12.3. The molecule has 0 saturated carbocycles. The van der Waals surface area contributed by atoms with E-state index in [0.29, 0.717) is 6.54 Å². The van der Waals surface area contributed by atoms with E-state index in [9.17, 15) is 14.4 Å². The first kappa shape index (κ1) is 28.9. The summed E-state index contributed by atoms with van der Waals surface area (Å²) in [5.41, 5.74) is 2.23. The Labute approximate surface area is 215 Å². The lowest BCUT2D eigenvalue weighted by Crippen LogP contribution is -2.58. The summed E-state index contributed by atoms with van der Waals surface area (Å²) in [5.74, 6) is -0.674. The fraction of sp³-hybridized carbons (Fsp3) is 0.483. The van der Waals surface area contributed by atoms with E-state index in [1.54, 1.807) is 32.6 Å². The second kappa shape index (κ2) is 11.6. The molecular formula is C29H41N3O4. The molecule has 0 aliphatic rings. The highest BCUT2D eigenvalue weighted by Crippen LogP contribution is 2.32. The molecule has 0 aromatic heterocycles. The molecule has 0 heterocycles. The maximum atomic E-state index is 13.8. The number of rotatable bonds is 7. The van der Waals surface area contributed by atoms with Crippen LogP contribution in [0, 0.1) is 13.8 Å². The van der Waals surface area contributed by atoms with Crippen LogP contribution < -0.4 is 10.6 Å². The molecule has 36 heavy (non-hydrogen) atoms. The number of ether oxygens (including phenoxy) is 1. The smallest absolute Gasteiger partial charge is 0.408 e. The van der Waals surface area contributed by atoms with Crippen LogP contribution in [-0.4, -0.2) is 40.0 Å². The Morgan fingerprint density at radius 1 is 0.944 bits per heavy atom. The molecule has 0 spiro atoms. The first-order chi connectivity index (χ1) is 16.6. The molecular weight excluding hydrogens is 454 g/mol. The predicted octanol–water partition coefficient (Wildman–Crippen LogP) is 5.20. The van der Waals surface area contributed by atoms with Crippen molar-refractivity contribution in [3.05, 3.63) is 70.8 Å². The van der Waals surface area contributed by atoms with Gasteiger partial charge in [-0.15, -0.1) is 0 Å². The van der Waals surface area contributed by atoms with E-state index in [0.717, 1.165) is 22.3 Å². The SMILES string of the molecule is Cc1ccc(C(C(=O)NCc2ccccc2)N(C(=O)C(C)NC(=O)OC(C)(C)C)C(C)(C)C)c(C)c1. The van der Waals surface area contributed by atoms with Crippen LogP contribution in [0.15, 0.2) is 48.5 Å². The van der Waals surface area contributed by atoms with Gasteiger partial charge in [-0.05, 0) is 79.0 Å². The lowest BCUT2D eigenvalue weighted by atomic mass is 9.92. The van der Waals surface area contributed by atoms with Crippen LogP contribution in [0.2, 0.25) is 0 Å². The van der Waals surface area contributed by atoms with E-state index >= 15 is 0 Å². The number of carbonyl (C=O) groups is 3. The lowest BCUT2D eigenvalue weighted by molar-refractivity contribution is -0.148. The zero-order valence-electron chi connectivity index (χ0n) is 23.1. The molecule has 2 atom stereocenters. The highest BCUT2D eigenvalue weighted by atomic mass is 16.6. The van der Waals surface area contributed by atoms with Crippen molar-refractivity contribution in [2.45, 2.75) is 92.1 Å². The molecule has 2 aromatic rings. The van der Waals surface area contributed by atoms with Gasteiger partial charge in [0.2, 0.25) is 11.8 Å². The fourth-order valence-electron chi connectivity index (χ4n) is 4.01. The summed E-state index contributed by atoms with van der Waals surface area (Å²) < 4.78 is 5.34. The third-order valence-corrected chi connectivity index (χ3v) is 5.60. The number of alkyl carbamates (subject to hydrolysis) is 1. The summed E-state index contributed by atoms with van der Waals surface area (Å²) in [6, 6.07) is 13.7. The van der Waals surface area contributed by atoms with Crippen LogP contribution in [0.1, 0.15) is 76.8 Å². The normalized spacial score (nSPS) is 13.4. The Morgan fingerprint density at radius 3 is 2.08 bits per heavy atom. The number of benzene rings is 2. The number of aryl methyl sites for hydroxylation is 2. The van der Waals surface area contributed by atoms with Gasteiger partial charge in [-0.1, -0.05) is 54.1 Å². The van der Waals surface area contributed by atoms with Gasteiger partial charge in [0.25, 0.3) is 0 Å². The maximum Gasteiger partial charge on any atom is 0.408 e. The Kier molecular flexibility index (Phi) is 9.30. The van der Waals surface area contributed by atoms with Gasteiger partial charge in [0.05, 0.1) is 0 Å². The average molecular weight is 496 g/mol. The number of hydrogen-bond acceptors (Lipinski definition) is 4. The van der Waals surface area contributed by atoms with Crippen molar-refractivity contribution in [2.75, 3.05) is 0 Å². The molecule has 0 aliphatic carbocycles. The van der Waals surface area contributed by atoms with Crippen LogP contribution in [0.4, 0.5) is 4.79 Å². The van der Waals surface area contributed by atoms with E-state index in [1.165, 1.54) is 0 Å².